The smallest absolute Gasteiger partial charge is 0.313 e. The van der Waals surface area contributed by atoms with Gasteiger partial charge in [0.25, 0.3) is 0 Å². The molecular formula is C11H19N3O3S. The first-order valence-electron chi connectivity index (χ1n) is 5.75. The van der Waals surface area contributed by atoms with Crippen LogP contribution in [0.25, 0.3) is 0 Å². The fourth-order valence-corrected chi connectivity index (χ4v) is 2.40. The molecule has 1 atom stereocenters. The van der Waals surface area contributed by atoms with Crippen molar-refractivity contribution in [3.8, 4) is 0 Å². The standard InChI is InChI=1S/C11H19N3O3S/c1-7(2)10-12-13-11(18-6-9(15)16)14(10)8(3)5-17-4/h7-8H,5-6H2,1-4H3,(H,15,16). The summed E-state index contributed by atoms with van der Waals surface area (Å²) >= 11 is 1.18. The third-order valence-electron chi connectivity index (χ3n) is 2.38. The molecular weight excluding hydrogens is 254 g/mol. The van der Waals surface area contributed by atoms with Gasteiger partial charge in [0.05, 0.1) is 18.4 Å². The third kappa shape index (κ3) is 3.71. The average Bonchev–Trinajstić information content (AvgIpc) is 2.70. The molecule has 0 aliphatic rings. The molecule has 1 unspecified atom stereocenters. The molecule has 1 aromatic rings. The highest BCUT2D eigenvalue weighted by atomic mass is 32.2. The molecule has 0 bridgehead atoms. The van der Waals surface area contributed by atoms with Gasteiger partial charge in [-0.05, 0) is 6.92 Å². The second-order valence-corrected chi connectivity index (χ2v) is 5.29. The van der Waals surface area contributed by atoms with E-state index in [1.807, 2.05) is 25.3 Å². The highest BCUT2D eigenvalue weighted by Crippen LogP contribution is 2.25. The first-order valence-corrected chi connectivity index (χ1v) is 6.74. The van der Waals surface area contributed by atoms with Crippen LogP contribution in [0.4, 0.5) is 0 Å². The van der Waals surface area contributed by atoms with E-state index < -0.39 is 5.97 Å². The number of ether oxygens (including phenoxy) is 1. The zero-order valence-corrected chi connectivity index (χ0v) is 11.9. The van der Waals surface area contributed by atoms with Gasteiger partial charge in [-0.2, -0.15) is 0 Å². The molecule has 0 aliphatic heterocycles. The molecule has 102 valence electrons. The number of thioether (sulfide) groups is 1. The Balaban J connectivity index is 2.98. The first kappa shape index (κ1) is 15.0. The lowest BCUT2D eigenvalue weighted by Gasteiger charge is -2.18. The number of aromatic nitrogens is 3. The lowest BCUT2D eigenvalue weighted by atomic mass is 10.2. The fourth-order valence-electron chi connectivity index (χ4n) is 1.64. The molecule has 0 aliphatic carbocycles. The quantitative estimate of drug-likeness (QED) is 0.763. The second-order valence-electron chi connectivity index (χ2n) is 4.35. The van der Waals surface area contributed by atoms with Gasteiger partial charge in [-0.25, -0.2) is 0 Å². The van der Waals surface area contributed by atoms with E-state index in [-0.39, 0.29) is 17.7 Å². The Morgan fingerprint density at radius 2 is 2.11 bits per heavy atom. The van der Waals surface area contributed by atoms with E-state index in [1.54, 1.807) is 7.11 Å². The van der Waals surface area contributed by atoms with Gasteiger partial charge in [0.2, 0.25) is 0 Å². The minimum Gasteiger partial charge on any atom is -0.481 e. The topological polar surface area (TPSA) is 77.2 Å². The Morgan fingerprint density at radius 1 is 1.44 bits per heavy atom. The molecule has 0 saturated carbocycles. The number of carboxylic acid groups (broad SMARTS) is 1. The second kappa shape index (κ2) is 6.75. The van der Waals surface area contributed by atoms with Gasteiger partial charge >= 0.3 is 5.97 Å². The normalized spacial score (nSPS) is 12.9. The van der Waals surface area contributed by atoms with Gasteiger partial charge in [0, 0.05) is 13.0 Å². The van der Waals surface area contributed by atoms with E-state index in [2.05, 4.69) is 10.2 Å². The summed E-state index contributed by atoms with van der Waals surface area (Å²) in [4.78, 5) is 10.6. The van der Waals surface area contributed by atoms with Crippen molar-refractivity contribution in [1.29, 1.82) is 0 Å². The molecule has 0 amide bonds. The van der Waals surface area contributed by atoms with Gasteiger partial charge in [-0.15, -0.1) is 10.2 Å². The summed E-state index contributed by atoms with van der Waals surface area (Å²) < 4.78 is 7.10. The molecule has 1 rings (SSSR count). The highest BCUT2D eigenvalue weighted by molar-refractivity contribution is 7.99. The maximum Gasteiger partial charge on any atom is 0.313 e. The molecule has 1 aromatic heterocycles. The van der Waals surface area contributed by atoms with Crippen LogP contribution in [0, 0.1) is 0 Å². The van der Waals surface area contributed by atoms with Crippen LogP contribution in [-0.4, -0.2) is 45.3 Å². The number of hydrogen-bond acceptors (Lipinski definition) is 5. The van der Waals surface area contributed by atoms with Crippen molar-refractivity contribution in [2.24, 2.45) is 0 Å². The number of hydrogen-bond donors (Lipinski definition) is 1. The molecule has 0 saturated heterocycles. The summed E-state index contributed by atoms with van der Waals surface area (Å²) in [5.41, 5.74) is 0. The predicted octanol–water partition coefficient (Wildman–Crippen LogP) is 1.79. The van der Waals surface area contributed by atoms with Crippen molar-refractivity contribution in [1.82, 2.24) is 14.8 Å². The Kier molecular flexibility index (Phi) is 5.61. The van der Waals surface area contributed by atoms with Crippen LogP contribution >= 0.6 is 11.8 Å². The Labute approximate surface area is 111 Å². The number of nitrogens with zero attached hydrogens (tertiary/aromatic N) is 3. The van der Waals surface area contributed by atoms with Crippen molar-refractivity contribution >= 4 is 17.7 Å². The minimum atomic E-state index is -0.861. The lowest BCUT2D eigenvalue weighted by Crippen LogP contribution is -2.16. The Hall–Kier alpha value is -1.08. The predicted molar refractivity (Wildman–Crippen MR) is 69.1 cm³/mol. The van der Waals surface area contributed by atoms with E-state index in [4.69, 9.17) is 9.84 Å². The van der Waals surface area contributed by atoms with Gasteiger partial charge < -0.3 is 14.4 Å². The highest BCUT2D eigenvalue weighted by Gasteiger charge is 2.20. The van der Waals surface area contributed by atoms with Crippen molar-refractivity contribution < 1.29 is 14.6 Å². The minimum absolute atomic E-state index is 0.0179. The van der Waals surface area contributed by atoms with E-state index >= 15 is 0 Å². The van der Waals surface area contributed by atoms with E-state index in [1.165, 1.54) is 11.8 Å². The molecule has 0 spiro atoms. The molecule has 18 heavy (non-hydrogen) atoms. The van der Waals surface area contributed by atoms with E-state index in [0.29, 0.717) is 11.8 Å². The monoisotopic (exact) mass is 273 g/mol. The van der Waals surface area contributed by atoms with E-state index in [0.717, 1.165) is 5.82 Å². The average molecular weight is 273 g/mol. The Morgan fingerprint density at radius 3 is 2.61 bits per heavy atom. The molecule has 6 nitrogen and oxygen atoms in total. The maximum atomic E-state index is 10.6. The van der Waals surface area contributed by atoms with Crippen LogP contribution in [0.15, 0.2) is 5.16 Å². The molecule has 7 heteroatoms. The molecule has 0 fully saturated rings. The number of aliphatic carboxylic acids is 1. The molecule has 0 aromatic carbocycles. The zero-order chi connectivity index (χ0) is 13.7. The number of carbonyl (C=O) groups is 1. The van der Waals surface area contributed by atoms with Gasteiger partial charge in [-0.1, -0.05) is 25.6 Å². The van der Waals surface area contributed by atoms with Gasteiger partial charge in [-0.3, -0.25) is 4.79 Å². The largest absolute Gasteiger partial charge is 0.481 e. The van der Waals surface area contributed by atoms with Crippen LogP contribution in [-0.2, 0) is 9.53 Å². The van der Waals surface area contributed by atoms with Crippen LogP contribution in [0.1, 0.15) is 38.6 Å². The van der Waals surface area contributed by atoms with E-state index in [9.17, 15) is 4.79 Å². The maximum absolute atomic E-state index is 10.6. The van der Waals surface area contributed by atoms with Crippen LogP contribution in [0.5, 0.6) is 0 Å². The Bertz CT molecular complexity index is 406. The van der Waals surface area contributed by atoms with Crippen LogP contribution in [0.3, 0.4) is 0 Å². The fraction of sp³-hybridized carbons (Fsp3) is 0.727. The number of methoxy groups -OCH3 is 1. The van der Waals surface area contributed by atoms with Crippen LogP contribution < -0.4 is 0 Å². The van der Waals surface area contributed by atoms with Gasteiger partial charge in [0.15, 0.2) is 5.16 Å². The summed E-state index contributed by atoms with van der Waals surface area (Å²) in [5.74, 6) is 0.208. The van der Waals surface area contributed by atoms with Crippen LogP contribution in [0.2, 0.25) is 0 Å². The summed E-state index contributed by atoms with van der Waals surface area (Å²) in [6, 6.07) is 0.0821. The van der Waals surface area contributed by atoms with Crippen molar-refractivity contribution in [2.75, 3.05) is 19.5 Å². The SMILES string of the molecule is COCC(C)n1c(SCC(=O)O)nnc1C(C)C. The van der Waals surface area contributed by atoms with Crippen molar-refractivity contribution in [2.45, 2.75) is 37.9 Å². The molecule has 1 heterocycles. The van der Waals surface area contributed by atoms with Crippen molar-refractivity contribution in [3.05, 3.63) is 5.82 Å². The molecule has 1 N–H and O–H groups in total. The van der Waals surface area contributed by atoms with Gasteiger partial charge in [0.1, 0.15) is 5.82 Å². The number of rotatable bonds is 7. The lowest BCUT2D eigenvalue weighted by molar-refractivity contribution is -0.133. The number of carboxylic acids is 1. The zero-order valence-electron chi connectivity index (χ0n) is 11.1. The third-order valence-corrected chi connectivity index (χ3v) is 3.31. The molecule has 0 radical (unpaired) electrons. The summed E-state index contributed by atoms with van der Waals surface area (Å²) in [7, 11) is 1.64. The summed E-state index contributed by atoms with van der Waals surface area (Å²) in [5, 5.41) is 17.6. The summed E-state index contributed by atoms with van der Waals surface area (Å²) in [6.07, 6.45) is 0. The summed E-state index contributed by atoms with van der Waals surface area (Å²) in [6.45, 7) is 6.61. The van der Waals surface area contributed by atoms with Crippen molar-refractivity contribution in [3.63, 3.8) is 0 Å². The first-order chi connectivity index (χ1) is 8.47.